The molecule has 0 saturated carbocycles. The molecule has 2 amide bonds. The Morgan fingerprint density at radius 2 is 2.12 bits per heavy atom. The fraction of sp³-hybridized carbons (Fsp3) is 0.200. The molecule has 0 aliphatic carbocycles. The number of rotatable bonds is 2. The average molecular weight is 302 g/mol. The van der Waals surface area contributed by atoms with Gasteiger partial charge >= 0.3 is 6.03 Å². The van der Waals surface area contributed by atoms with Crippen molar-refractivity contribution < 1.29 is 4.79 Å². The molecule has 0 bridgehead atoms. The van der Waals surface area contributed by atoms with Crippen LogP contribution in [0.25, 0.3) is 0 Å². The lowest BCUT2D eigenvalue weighted by Crippen LogP contribution is -2.28. The highest BCUT2D eigenvalue weighted by molar-refractivity contribution is 9.10. The number of nitrogens with one attached hydrogen (secondary N) is 1. The molecule has 1 aromatic rings. The van der Waals surface area contributed by atoms with E-state index in [1.807, 2.05) is 6.07 Å². The van der Waals surface area contributed by atoms with Gasteiger partial charge in [0.15, 0.2) is 0 Å². The van der Waals surface area contributed by atoms with Crippen molar-refractivity contribution in [3.8, 4) is 0 Å². The maximum absolute atomic E-state index is 11.5. The van der Waals surface area contributed by atoms with E-state index in [2.05, 4.69) is 21.2 Å². The summed E-state index contributed by atoms with van der Waals surface area (Å²) in [7, 11) is 3.32. The van der Waals surface area contributed by atoms with E-state index in [1.54, 1.807) is 26.2 Å². The van der Waals surface area contributed by atoms with Crippen molar-refractivity contribution in [2.24, 2.45) is 5.73 Å². The summed E-state index contributed by atoms with van der Waals surface area (Å²) in [6.07, 6.45) is 0. The van der Waals surface area contributed by atoms with E-state index in [0.29, 0.717) is 11.3 Å². The van der Waals surface area contributed by atoms with Crippen LogP contribution in [0.4, 0.5) is 10.5 Å². The second-order valence-electron chi connectivity index (χ2n) is 3.38. The van der Waals surface area contributed by atoms with Gasteiger partial charge < -0.3 is 16.0 Å². The molecule has 0 saturated heterocycles. The highest BCUT2D eigenvalue weighted by atomic mass is 79.9. The van der Waals surface area contributed by atoms with Crippen LogP contribution < -0.4 is 11.1 Å². The highest BCUT2D eigenvalue weighted by Crippen LogP contribution is 2.21. The first-order valence-corrected chi connectivity index (χ1v) is 5.69. The van der Waals surface area contributed by atoms with Crippen molar-refractivity contribution in [2.45, 2.75) is 0 Å². The summed E-state index contributed by atoms with van der Waals surface area (Å²) < 4.78 is 0.849. The molecule has 0 radical (unpaired) electrons. The van der Waals surface area contributed by atoms with E-state index in [1.165, 1.54) is 4.90 Å². The van der Waals surface area contributed by atoms with Crippen LogP contribution in [0.2, 0.25) is 0 Å². The van der Waals surface area contributed by atoms with Crippen molar-refractivity contribution in [1.82, 2.24) is 4.90 Å². The number of halogens is 1. The third kappa shape index (κ3) is 3.18. The third-order valence-electron chi connectivity index (χ3n) is 1.89. The number of carbonyl (C=O) groups is 1. The number of benzene rings is 1. The van der Waals surface area contributed by atoms with Crippen LogP contribution in [0.15, 0.2) is 22.7 Å². The number of thiocarbonyl (C=S) groups is 1. The van der Waals surface area contributed by atoms with E-state index >= 15 is 0 Å². The van der Waals surface area contributed by atoms with E-state index in [9.17, 15) is 4.79 Å². The van der Waals surface area contributed by atoms with Crippen molar-refractivity contribution in [3.63, 3.8) is 0 Å². The van der Waals surface area contributed by atoms with E-state index in [0.717, 1.165) is 4.47 Å². The van der Waals surface area contributed by atoms with Gasteiger partial charge in [0.05, 0.1) is 5.69 Å². The molecule has 0 heterocycles. The summed E-state index contributed by atoms with van der Waals surface area (Å²) in [6.45, 7) is 0. The number of hydrogen-bond donors (Lipinski definition) is 2. The summed E-state index contributed by atoms with van der Waals surface area (Å²) in [4.78, 5) is 13.2. The number of hydrogen-bond acceptors (Lipinski definition) is 2. The monoisotopic (exact) mass is 301 g/mol. The van der Waals surface area contributed by atoms with Crippen molar-refractivity contribution in [3.05, 3.63) is 28.2 Å². The van der Waals surface area contributed by atoms with E-state index in [-0.39, 0.29) is 11.0 Å². The van der Waals surface area contributed by atoms with Crippen molar-refractivity contribution in [2.75, 3.05) is 19.4 Å². The molecule has 6 heteroatoms. The predicted octanol–water partition coefficient (Wildman–Crippen LogP) is 2.18. The Balaban J connectivity index is 3.06. The van der Waals surface area contributed by atoms with Crippen LogP contribution in [0, 0.1) is 0 Å². The molecule has 1 aromatic carbocycles. The lowest BCUT2D eigenvalue weighted by atomic mass is 10.2. The number of carbonyl (C=O) groups excluding carboxylic acids is 1. The molecule has 1 rings (SSSR count). The molecule has 0 aromatic heterocycles. The second-order valence-corrected chi connectivity index (χ2v) is 4.73. The van der Waals surface area contributed by atoms with Gasteiger partial charge in [-0.2, -0.15) is 0 Å². The standard InChI is InChI=1S/C10H12BrN3OS/c1-14(2)10(15)13-8-5-6(11)3-4-7(8)9(12)16/h3-5H,1-2H3,(H2,12,16)(H,13,15). The Kier molecular flexibility index (Phi) is 4.26. The lowest BCUT2D eigenvalue weighted by Gasteiger charge is -2.14. The lowest BCUT2D eigenvalue weighted by molar-refractivity contribution is 0.230. The molecule has 0 aliphatic heterocycles. The van der Waals surface area contributed by atoms with Crippen LogP contribution in [0.1, 0.15) is 5.56 Å². The quantitative estimate of drug-likeness (QED) is 0.823. The van der Waals surface area contributed by atoms with Gasteiger partial charge in [-0.1, -0.05) is 28.1 Å². The Morgan fingerprint density at radius 3 is 2.62 bits per heavy atom. The Labute approximate surface area is 108 Å². The molecule has 0 atom stereocenters. The molecule has 0 aliphatic rings. The minimum atomic E-state index is -0.226. The number of anilines is 1. The minimum absolute atomic E-state index is 0.226. The number of nitrogens with two attached hydrogens (primary N) is 1. The Morgan fingerprint density at radius 1 is 1.50 bits per heavy atom. The largest absolute Gasteiger partial charge is 0.389 e. The molecule has 86 valence electrons. The first-order chi connectivity index (χ1) is 7.41. The zero-order valence-electron chi connectivity index (χ0n) is 8.95. The van der Waals surface area contributed by atoms with E-state index in [4.69, 9.17) is 18.0 Å². The molecule has 0 unspecified atom stereocenters. The highest BCUT2D eigenvalue weighted by Gasteiger charge is 2.10. The third-order valence-corrected chi connectivity index (χ3v) is 2.61. The molecule has 3 N–H and O–H groups in total. The second kappa shape index (κ2) is 5.27. The molecular weight excluding hydrogens is 290 g/mol. The fourth-order valence-electron chi connectivity index (χ4n) is 1.06. The molecule has 4 nitrogen and oxygen atoms in total. The number of urea groups is 1. The van der Waals surface area contributed by atoms with Gasteiger partial charge in [-0.15, -0.1) is 0 Å². The zero-order chi connectivity index (χ0) is 12.3. The van der Waals surface area contributed by atoms with E-state index < -0.39 is 0 Å². The summed E-state index contributed by atoms with van der Waals surface area (Å²) in [5.74, 6) is 0. The first-order valence-electron chi connectivity index (χ1n) is 4.49. The molecular formula is C10H12BrN3OS. The minimum Gasteiger partial charge on any atom is -0.389 e. The normalized spacial score (nSPS) is 9.69. The molecule has 0 spiro atoms. The predicted molar refractivity (Wildman–Crippen MR) is 72.7 cm³/mol. The van der Waals surface area contributed by atoms with Crippen LogP contribution in [0.3, 0.4) is 0 Å². The first kappa shape index (κ1) is 12.9. The smallest absolute Gasteiger partial charge is 0.321 e. The van der Waals surface area contributed by atoms with Crippen molar-refractivity contribution in [1.29, 1.82) is 0 Å². The fourth-order valence-corrected chi connectivity index (χ4v) is 1.60. The SMILES string of the molecule is CN(C)C(=O)Nc1cc(Br)ccc1C(N)=S. The molecule has 0 fully saturated rings. The van der Waals surface area contributed by atoms with Gasteiger partial charge in [-0.05, 0) is 18.2 Å². The zero-order valence-corrected chi connectivity index (χ0v) is 11.4. The van der Waals surface area contributed by atoms with Gasteiger partial charge in [0.1, 0.15) is 4.99 Å². The maximum Gasteiger partial charge on any atom is 0.321 e. The number of nitrogens with zero attached hydrogens (tertiary/aromatic N) is 1. The van der Waals surface area contributed by atoms with Gasteiger partial charge in [0.2, 0.25) is 0 Å². The van der Waals surface area contributed by atoms with Crippen LogP contribution >= 0.6 is 28.1 Å². The summed E-state index contributed by atoms with van der Waals surface area (Å²) >= 11 is 8.23. The average Bonchev–Trinajstić information content (AvgIpc) is 2.16. The Bertz CT molecular complexity index is 434. The van der Waals surface area contributed by atoms with Gasteiger partial charge in [0.25, 0.3) is 0 Å². The maximum atomic E-state index is 11.5. The summed E-state index contributed by atoms with van der Waals surface area (Å²) in [5.41, 5.74) is 6.81. The summed E-state index contributed by atoms with van der Waals surface area (Å²) in [5, 5.41) is 2.72. The van der Waals surface area contributed by atoms with Gasteiger partial charge in [-0.25, -0.2) is 4.79 Å². The van der Waals surface area contributed by atoms with Crippen LogP contribution in [-0.4, -0.2) is 30.0 Å². The van der Waals surface area contributed by atoms with Crippen LogP contribution in [-0.2, 0) is 0 Å². The van der Waals surface area contributed by atoms with Gasteiger partial charge in [-0.3, -0.25) is 0 Å². The van der Waals surface area contributed by atoms with Gasteiger partial charge in [0, 0.05) is 24.1 Å². The van der Waals surface area contributed by atoms with Crippen LogP contribution in [0.5, 0.6) is 0 Å². The Hall–Kier alpha value is -1.14. The molecule has 16 heavy (non-hydrogen) atoms. The topological polar surface area (TPSA) is 58.4 Å². The summed E-state index contributed by atoms with van der Waals surface area (Å²) in [6, 6.07) is 5.11. The van der Waals surface area contributed by atoms with Crippen molar-refractivity contribution >= 4 is 44.9 Å². The number of amides is 2.